The van der Waals surface area contributed by atoms with Crippen molar-refractivity contribution in [3.63, 3.8) is 0 Å². The van der Waals surface area contributed by atoms with E-state index in [0.29, 0.717) is 17.8 Å². The second kappa shape index (κ2) is 5.54. The molecule has 5 heteroatoms. The maximum atomic E-state index is 12.3. The summed E-state index contributed by atoms with van der Waals surface area (Å²) in [4.78, 5) is 20.3. The van der Waals surface area contributed by atoms with Crippen molar-refractivity contribution in [2.45, 2.75) is 13.3 Å². The summed E-state index contributed by atoms with van der Waals surface area (Å²) in [6, 6.07) is 11.3. The van der Waals surface area contributed by atoms with E-state index in [-0.39, 0.29) is 17.0 Å². The van der Waals surface area contributed by atoms with Gasteiger partial charge in [-0.2, -0.15) is 4.98 Å². The van der Waals surface area contributed by atoms with Crippen LogP contribution in [0.15, 0.2) is 46.6 Å². The van der Waals surface area contributed by atoms with E-state index in [1.807, 2.05) is 42.6 Å². The number of benzene rings is 1. The second-order valence-electron chi connectivity index (χ2n) is 4.78. The number of hydrogen-bond donors (Lipinski definition) is 2. The van der Waals surface area contributed by atoms with Crippen LogP contribution < -0.4 is 5.56 Å². The van der Waals surface area contributed by atoms with Gasteiger partial charge in [0.05, 0.1) is 0 Å². The lowest BCUT2D eigenvalue weighted by Gasteiger charge is -2.08. The SMILES string of the molecule is Cc1ccccc1-c1c(O)nc(Cc2cccs2)[nH]c1=O. The van der Waals surface area contributed by atoms with Crippen molar-refractivity contribution in [1.29, 1.82) is 0 Å². The van der Waals surface area contributed by atoms with Crippen LogP contribution in [0.4, 0.5) is 0 Å². The van der Waals surface area contributed by atoms with Crippen LogP contribution in [0.1, 0.15) is 16.3 Å². The van der Waals surface area contributed by atoms with Gasteiger partial charge >= 0.3 is 0 Å². The van der Waals surface area contributed by atoms with Crippen LogP contribution in [0, 0.1) is 6.92 Å². The number of H-pyrrole nitrogens is 1. The van der Waals surface area contributed by atoms with Crippen LogP contribution in [0.2, 0.25) is 0 Å². The minimum absolute atomic E-state index is 0.223. The van der Waals surface area contributed by atoms with Gasteiger partial charge in [0.2, 0.25) is 5.88 Å². The molecule has 2 aromatic heterocycles. The summed E-state index contributed by atoms with van der Waals surface area (Å²) in [5, 5.41) is 12.1. The lowest BCUT2D eigenvalue weighted by Crippen LogP contribution is -2.14. The van der Waals surface area contributed by atoms with Gasteiger partial charge < -0.3 is 10.1 Å². The molecule has 0 fully saturated rings. The largest absolute Gasteiger partial charge is 0.493 e. The van der Waals surface area contributed by atoms with E-state index in [0.717, 1.165) is 10.4 Å². The highest BCUT2D eigenvalue weighted by atomic mass is 32.1. The number of aromatic nitrogens is 2. The Hall–Kier alpha value is -2.40. The third-order valence-electron chi connectivity index (χ3n) is 3.29. The highest BCUT2D eigenvalue weighted by molar-refractivity contribution is 7.09. The van der Waals surface area contributed by atoms with E-state index >= 15 is 0 Å². The molecule has 0 aliphatic heterocycles. The van der Waals surface area contributed by atoms with Crippen molar-refractivity contribution in [2.75, 3.05) is 0 Å². The van der Waals surface area contributed by atoms with Gasteiger partial charge in [0.1, 0.15) is 11.4 Å². The first-order valence-corrected chi connectivity index (χ1v) is 7.43. The number of aromatic hydroxyl groups is 1. The van der Waals surface area contributed by atoms with Gasteiger partial charge in [-0.05, 0) is 29.5 Å². The van der Waals surface area contributed by atoms with E-state index in [4.69, 9.17) is 0 Å². The average molecular weight is 298 g/mol. The molecule has 0 saturated carbocycles. The van der Waals surface area contributed by atoms with Crippen LogP contribution in [-0.2, 0) is 6.42 Å². The van der Waals surface area contributed by atoms with Crippen LogP contribution in [-0.4, -0.2) is 15.1 Å². The van der Waals surface area contributed by atoms with Crippen molar-refractivity contribution in [2.24, 2.45) is 0 Å². The van der Waals surface area contributed by atoms with Gasteiger partial charge in [-0.3, -0.25) is 4.79 Å². The van der Waals surface area contributed by atoms with Crippen molar-refractivity contribution < 1.29 is 5.11 Å². The van der Waals surface area contributed by atoms with E-state index in [2.05, 4.69) is 9.97 Å². The molecular formula is C16H14N2O2S. The molecule has 106 valence electrons. The fraction of sp³-hybridized carbons (Fsp3) is 0.125. The molecule has 2 N–H and O–H groups in total. The van der Waals surface area contributed by atoms with Crippen LogP contribution in [0.25, 0.3) is 11.1 Å². The molecule has 3 rings (SSSR count). The molecule has 0 spiro atoms. The lowest BCUT2D eigenvalue weighted by molar-refractivity contribution is 0.450. The van der Waals surface area contributed by atoms with E-state index in [1.165, 1.54) is 0 Å². The third kappa shape index (κ3) is 2.73. The first-order chi connectivity index (χ1) is 10.1. The Bertz CT molecular complexity index is 823. The summed E-state index contributed by atoms with van der Waals surface area (Å²) in [5.74, 6) is 0.247. The number of rotatable bonds is 3. The lowest BCUT2D eigenvalue weighted by atomic mass is 10.0. The van der Waals surface area contributed by atoms with Gasteiger partial charge in [0.15, 0.2) is 0 Å². The zero-order chi connectivity index (χ0) is 14.8. The first kappa shape index (κ1) is 13.6. The monoisotopic (exact) mass is 298 g/mol. The number of thiophene rings is 1. The molecule has 2 heterocycles. The molecule has 0 atom stereocenters. The summed E-state index contributed by atoms with van der Waals surface area (Å²) in [6.07, 6.45) is 0.508. The number of aromatic amines is 1. The van der Waals surface area contributed by atoms with E-state index in [9.17, 15) is 9.90 Å². The second-order valence-corrected chi connectivity index (χ2v) is 5.81. The van der Waals surface area contributed by atoms with Crippen LogP contribution in [0.5, 0.6) is 5.88 Å². The Morgan fingerprint density at radius 3 is 2.71 bits per heavy atom. The maximum Gasteiger partial charge on any atom is 0.262 e. The van der Waals surface area contributed by atoms with Crippen LogP contribution >= 0.6 is 11.3 Å². The topological polar surface area (TPSA) is 66.0 Å². The standard InChI is InChI=1S/C16H14N2O2S/c1-10-5-2-3-7-12(10)14-15(19)17-13(18-16(14)20)9-11-6-4-8-21-11/h2-8H,9H2,1H3,(H2,17,18,19,20). The van der Waals surface area contributed by atoms with Gasteiger partial charge in [0, 0.05) is 11.3 Å². The zero-order valence-corrected chi connectivity index (χ0v) is 12.3. The Kier molecular flexibility index (Phi) is 3.58. The van der Waals surface area contributed by atoms with Gasteiger partial charge in [-0.1, -0.05) is 30.3 Å². The summed E-state index contributed by atoms with van der Waals surface area (Å²) < 4.78 is 0. The van der Waals surface area contributed by atoms with E-state index < -0.39 is 0 Å². The highest BCUT2D eigenvalue weighted by Crippen LogP contribution is 2.26. The molecule has 0 aliphatic carbocycles. The Morgan fingerprint density at radius 1 is 1.24 bits per heavy atom. The molecule has 0 saturated heterocycles. The number of hydrogen-bond acceptors (Lipinski definition) is 4. The smallest absolute Gasteiger partial charge is 0.262 e. The molecule has 3 aromatic rings. The van der Waals surface area contributed by atoms with Crippen LogP contribution in [0.3, 0.4) is 0 Å². The summed E-state index contributed by atoms with van der Waals surface area (Å²) in [7, 11) is 0. The molecule has 0 bridgehead atoms. The third-order valence-corrected chi connectivity index (χ3v) is 4.16. The first-order valence-electron chi connectivity index (χ1n) is 6.55. The summed E-state index contributed by atoms with van der Waals surface area (Å²) >= 11 is 1.59. The van der Waals surface area contributed by atoms with Gasteiger partial charge in [-0.15, -0.1) is 11.3 Å². The Morgan fingerprint density at radius 2 is 2.05 bits per heavy atom. The zero-order valence-electron chi connectivity index (χ0n) is 11.5. The number of nitrogens with zero attached hydrogens (tertiary/aromatic N) is 1. The maximum absolute atomic E-state index is 12.3. The van der Waals surface area contributed by atoms with Crippen molar-refractivity contribution >= 4 is 11.3 Å². The summed E-state index contributed by atoms with van der Waals surface area (Å²) in [6.45, 7) is 1.90. The van der Waals surface area contributed by atoms with E-state index in [1.54, 1.807) is 17.4 Å². The normalized spacial score (nSPS) is 10.7. The fourth-order valence-corrected chi connectivity index (χ4v) is 2.97. The molecule has 0 radical (unpaired) electrons. The minimum Gasteiger partial charge on any atom is -0.493 e. The van der Waals surface area contributed by atoms with Crippen molar-refractivity contribution in [3.05, 3.63) is 68.4 Å². The minimum atomic E-state index is -0.316. The quantitative estimate of drug-likeness (QED) is 0.781. The average Bonchev–Trinajstić information content (AvgIpc) is 2.93. The fourth-order valence-electron chi connectivity index (χ4n) is 2.26. The molecule has 21 heavy (non-hydrogen) atoms. The molecule has 0 amide bonds. The Labute approximate surface area is 125 Å². The van der Waals surface area contributed by atoms with Crippen molar-refractivity contribution in [1.82, 2.24) is 9.97 Å². The predicted octanol–water partition coefficient (Wildman–Crippen LogP) is 3.10. The van der Waals surface area contributed by atoms with Gasteiger partial charge in [-0.25, -0.2) is 0 Å². The highest BCUT2D eigenvalue weighted by Gasteiger charge is 2.14. The Balaban J connectivity index is 2.05. The van der Waals surface area contributed by atoms with Crippen molar-refractivity contribution in [3.8, 4) is 17.0 Å². The number of aryl methyl sites for hydroxylation is 1. The molecule has 0 unspecified atom stereocenters. The molecule has 1 aromatic carbocycles. The molecular weight excluding hydrogens is 284 g/mol. The summed E-state index contributed by atoms with van der Waals surface area (Å²) in [5.41, 5.74) is 1.53. The number of nitrogens with one attached hydrogen (secondary N) is 1. The molecule has 4 nitrogen and oxygen atoms in total. The van der Waals surface area contributed by atoms with Gasteiger partial charge in [0.25, 0.3) is 5.56 Å². The molecule has 0 aliphatic rings. The predicted molar refractivity (Wildman–Crippen MR) is 83.8 cm³/mol.